The molecule has 0 radical (unpaired) electrons. The van der Waals surface area contributed by atoms with Gasteiger partial charge in [-0.3, -0.25) is 4.90 Å². The lowest BCUT2D eigenvalue weighted by Gasteiger charge is -2.29. The zero-order valence-electron chi connectivity index (χ0n) is 29.8. The highest BCUT2D eigenvalue weighted by Gasteiger charge is 2.26. The monoisotopic (exact) mass is 649 g/mol. The molecule has 3 heteroatoms. The van der Waals surface area contributed by atoms with Crippen LogP contribution in [0.3, 0.4) is 0 Å². The van der Waals surface area contributed by atoms with Gasteiger partial charge in [-0.1, -0.05) is 126 Å². The average Bonchev–Trinajstić information content (AvgIpc) is 3.12. The van der Waals surface area contributed by atoms with E-state index >= 15 is 0 Å². The number of hydrogen-bond donors (Lipinski definition) is 0. The maximum absolute atomic E-state index is 5.16. The zero-order chi connectivity index (χ0) is 34.8. The van der Waals surface area contributed by atoms with Crippen LogP contribution in [-0.4, -0.2) is 9.97 Å². The van der Waals surface area contributed by atoms with Crippen LogP contribution in [0, 0.1) is 41.5 Å². The first-order valence-corrected chi connectivity index (χ1v) is 17.4. The van der Waals surface area contributed by atoms with Crippen LogP contribution in [0.2, 0.25) is 0 Å². The molecule has 0 N–H and O–H groups in total. The first-order chi connectivity index (χ1) is 24.3. The summed E-state index contributed by atoms with van der Waals surface area (Å²) in [7, 11) is 0. The molecule has 50 heavy (non-hydrogen) atoms. The van der Waals surface area contributed by atoms with Gasteiger partial charge in [0.2, 0.25) is 0 Å². The molecule has 1 heterocycles. The predicted octanol–water partition coefficient (Wildman–Crippen LogP) is 12.3. The topological polar surface area (TPSA) is 29.0 Å². The van der Waals surface area contributed by atoms with E-state index < -0.39 is 0 Å². The summed E-state index contributed by atoms with van der Waals surface area (Å²) in [6.07, 6.45) is 1.86. The van der Waals surface area contributed by atoms with Crippen molar-refractivity contribution in [2.24, 2.45) is 0 Å². The molecular formula is C47H43N3. The van der Waals surface area contributed by atoms with E-state index in [2.05, 4.69) is 167 Å². The number of aryl methyl sites for hydroxylation is 6. The minimum Gasteiger partial charge on any atom is -0.294 e. The van der Waals surface area contributed by atoms with E-state index in [0.717, 1.165) is 33.9 Å². The number of nitrogens with zero attached hydrogens (tertiary/aromatic N) is 3. The molecule has 0 saturated carbocycles. The highest BCUT2D eigenvalue weighted by molar-refractivity contribution is 5.87. The van der Waals surface area contributed by atoms with E-state index in [1.165, 1.54) is 50.1 Å². The van der Waals surface area contributed by atoms with Gasteiger partial charge < -0.3 is 0 Å². The Balaban J connectivity index is 1.42. The molecule has 0 atom stereocenters. The second-order valence-corrected chi connectivity index (χ2v) is 13.5. The van der Waals surface area contributed by atoms with Crippen LogP contribution >= 0.6 is 0 Å². The molecule has 7 aromatic rings. The molecule has 3 nitrogen and oxygen atoms in total. The molecule has 246 valence electrons. The van der Waals surface area contributed by atoms with Gasteiger partial charge in [-0.25, -0.2) is 9.97 Å². The molecule has 0 unspecified atom stereocenters. The first-order valence-electron chi connectivity index (χ1n) is 17.4. The first kappa shape index (κ1) is 32.7. The van der Waals surface area contributed by atoms with Crippen molar-refractivity contribution in [3.63, 3.8) is 0 Å². The molecule has 0 amide bonds. The van der Waals surface area contributed by atoms with Crippen molar-refractivity contribution >= 4 is 17.2 Å². The van der Waals surface area contributed by atoms with Gasteiger partial charge in [0.25, 0.3) is 0 Å². The third kappa shape index (κ3) is 6.47. The highest BCUT2D eigenvalue weighted by atomic mass is 15.2. The summed E-state index contributed by atoms with van der Waals surface area (Å²) in [6, 6.07) is 49.8. The predicted molar refractivity (Wildman–Crippen MR) is 210 cm³/mol. The summed E-state index contributed by atoms with van der Waals surface area (Å²) >= 11 is 0. The van der Waals surface area contributed by atoms with Crippen LogP contribution in [-0.2, 0) is 0 Å². The Labute approximate surface area is 297 Å². The molecular weight excluding hydrogens is 607 g/mol. The van der Waals surface area contributed by atoms with Gasteiger partial charge in [-0.05, 0) is 110 Å². The van der Waals surface area contributed by atoms with E-state index in [1.54, 1.807) is 0 Å². The van der Waals surface area contributed by atoms with E-state index in [-0.39, 0.29) is 5.92 Å². The summed E-state index contributed by atoms with van der Waals surface area (Å²) in [5.41, 5.74) is 17.3. The molecule has 1 aromatic heterocycles. The summed E-state index contributed by atoms with van der Waals surface area (Å²) in [4.78, 5) is 12.1. The van der Waals surface area contributed by atoms with Crippen molar-refractivity contribution in [2.45, 2.75) is 47.5 Å². The van der Waals surface area contributed by atoms with Crippen LogP contribution in [0.4, 0.5) is 17.2 Å². The lowest BCUT2D eigenvalue weighted by Crippen LogP contribution is -2.14. The van der Waals surface area contributed by atoms with Gasteiger partial charge in [-0.2, -0.15) is 0 Å². The van der Waals surface area contributed by atoms with Gasteiger partial charge in [0, 0.05) is 28.9 Å². The molecule has 7 rings (SSSR count). The standard InChI is InChI=1S/C47H43N3/c1-31-27-33(3)44(34(4)28-31)46(45-35(5)29-32(2)30-36(45)6)38-21-23-40(24-22-38)50(42-20-14-13-19-41(42)37-15-9-7-10-16-37)43-25-26-48-47(49-43)39-17-11-8-12-18-39/h7-30,46H,1-6H3. The Morgan fingerprint density at radius 1 is 0.500 bits per heavy atom. The molecule has 0 aliphatic rings. The highest BCUT2D eigenvalue weighted by Crippen LogP contribution is 2.43. The van der Waals surface area contributed by atoms with Gasteiger partial charge in [0.15, 0.2) is 5.82 Å². The smallest absolute Gasteiger partial charge is 0.161 e. The van der Waals surface area contributed by atoms with Crippen molar-refractivity contribution in [3.8, 4) is 22.5 Å². The maximum Gasteiger partial charge on any atom is 0.161 e. The maximum atomic E-state index is 5.16. The van der Waals surface area contributed by atoms with Crippen molar-refractivity contribution in [1.29, 1.82) is 0 Å². The van der Waals surface area contributed by atoms with E-state index in [4.69, 9.17) is 4.98 Å². The number of aromatic nitrogens is 2. The van der Waals surface area contributed by atoms with Crippen molar-refractivity contribution in [3.05, 3.63) is 196 Å². The number of para-hydroxylation sites is 1. The Morgan fingerprint density at radius 3 is 1.56 bits per heavy atom. The molecule has 0 fully saturated rings. The molecule has 0 aliphatic carbocycles. The fourth-order valence-corrected chi connectivity index (χ4v) is 7.71. The Hall–Kier alpha value is -5.80. The fraction of sp³-hybridized carbons (Fsp3) is 0.149. The van der Waals surface area contributed by atoms with Crippen LogP contribution in [0.1, 0.15) is 56.0 Å². The molecule has 0 bridgehead atoms. The van der Waals surface area contributed by atoms with Gasteiger partial charge in [0.1, 0.15) is 5.82 Å². The fourth-order valence-electron chi connectivity index (χ4n) is 7.71. The Morgan fingerprint density at radius 2 is 1.00 bits per heavy atom. The second kappa shape index (κ2) is 14.0. The van der Waals surface area contributed by atoms with Crippen molar-refractivity contribution in [1.82, 2.24) is 9.97 Å². The van der Waals surface area contributed by atoms with Crippen LogP contribution in [0.15, 0.2) is 146 Å². The Kier molecular flexibility index (Phi) is 9.15. The van der Waals surface area contributed by atoms with E-state index in [9.17, 15) is 0 Å². The number of anilines is 3. The summed E-state index contributed by atoms with van der Waals surface area (Å²) in [5.74, 6) is 1.60. The van der Waals surface area contributed by atoms with Crippen molar-refractivity contribution < 1.29 is 0 Å². The van der Waals surface area contributed by atoms with Crippen LogP contribution in [0.25, 0.3) is 22.5 Å². The van der Waals surface area contributed by atoms with Crippen LogP contribution < -0.4 is 4.90 Å². The number of benzene rings is 6. The summed E-state index contributed by atoms with van der Waals surface area (Å²) < 4.78 is 0. The number of rotatable bonds is 8. The largest absolute Gasteiger partial charge is 0.294 e. The molecule has 0 aliphatic heterocycles. The van der Waals surface area contributed by atoms with Crippen LogP contribution in [0.5, 0.6) is 0 Å². The summed E-state index contributed by atoms with van der Waals surface area (Å²) in [5, 5.41) is 0. The third-order valence-electron chi connectivity index (χ3n) is 9.67. The minimum atomic E-state index is 0.0963. The zero-order valence-corrected chi connectivity index (χ0v) is 29.8. The lowest BCUT2D eigenvalue weighted by atomic mass is 9.77. The number of hydrogen-bond acceptors (Lipinski definition) is 3. The average molecular weight is 650 g/mol. The van der Waals surface area contributed by atoms with E-state index in [1.807, 2.05) is 30.5 Å². The molecule has 0 spiro atoms. The minimum absolute atomic E-state index is 0.0963. The normalized spacial score (nSPS) is 11.2. The second-order valence-electron chi connectivity index (χ2n) is 13.5. The Bertz CT molecular complexity index is 2170. The van der Waals surface area contributed by atoms with Gasteiger partial charge >= 0.3 is 0 Å². The SMILES string of the molecule is Cc1cc(C)c(C(c2ccc(N(c3ccnc(-c4ccccc4)n3)c3ccccc3-c3ccccc3)cc2)c2c(C)cc(C)cc2C)c(C)c1. The quantitative estimate of drug-likeness (QED) is 0.153. The lowest BCUT2D eigenvalue weighted by molar-refractivity contribution is 0.919. The molecule has 0 saturated heterocycles. The van der Waals surface area contributed by atoms with E-state index in [0.29, 0.717) is 5.82 Å². The van der Waals surface area contributed by atoms with Gasteiger partial charge in [-0.15, -0.1) is 0 Å². The van der Waals surface area contributed by atoms with Crippen molar-refractivity contribution in [2.75, 3.05) is 4.90 Å². The van der Waals surface area contributed by atoms with Gasteiger partial charge in [0.05, 0.1) is 5.69 Å². The molecule has 6 aromatic carbocycles. The third-order valence-corrected chi connectivity index (χ3v) is 9.67. The summed E-state index contributed by atoms with van der Waals surface area (Å²) in [6.45, 7) is 13.4.